The number of ether oxygens (including phenoxy) is 1. The average molecular weight is 424 g/mol. The van der Waals surface area contributed by atoms with Gasteiger partial charge >= 0.3 is 0 Å². The number of carbonyl (C=O) groups excluding carboxylic acids is 2. The Kier molecular flexibility index (Phi) is 6.72. The van der Waals surface area contributed by atoms with Crippen molar-refractivity contribution < 1.29 is 18.7 Å². The molecule has 0 radical (unpaired) electrons. The lowest BCUT2D eigenvalue weighted by molar-refractivity contribution is -0.132. The number of carbonyl (C=O) groups is 2. The van der Waals surface area contributed by atoms with E-state index in [9.17, 15) is 14.0 Å². The number of hydrogen-bond donors (Lipinski definition) is 2. The molecule has 0 saturated carbocycles. The maximum Gasteiger partial charge on any atom is 0.279 e. The minimum absolute atomic E-state index is 0.0250. The Bertz CT molecular complexity index is 1070. The molecular formula is C21H17FN4O3S. The Morgan fingerprint density at radius 1 is 1.17 bits per heavy atom. The number of benzene rings is 2. The summed E-state index contributed by atoms with van der Waals surface area (Å²) in [5.74, 6) is -0.871. The molecule has 2 amide bonds. The standard InChI is InChI=1S/C21H17FN4O3S/c1-13(29-18-8-2-14(11-23)3-9-18)20(28)26-25-19(27)10-17-12-30-21(24-17)15-4-6-16(22)7-5-15/h2-9,12-13H,10H2,1H3,(H,25,27)(H,26,28). The summed E-state index contributed by atoms with van der Waals surface area (Å²) in [7, 11) is 0. The van der Waals surface area contributed by atoms with Gasteiger partial charge in [-0.3, -0.25) is 20.4 Å². The van der Waals surface area contributed by atoms with Crippen molar-refractivity contribution in [1.29, 1.82) is 5.26 Å². The predicted octanol–water partition coefficient (Wildman–Crippen LogP) is 2.98. The van der Waals surface area contributed by atoms with Crippen LogP contribution in [-0.4, -0.2) is 22.9 Å². The summed E-state index contributed by atoms with van der Waals surface area (Å²) in [5, 5.41) is 11.2. The molecule has 0 bridgehead atoms. The smallest absolute Gasteiger partial charge is 0.279 e. The normalized spacial score (nSPS) is 11.2. The fraction of sp³-hybridized carbons (Fsp3) is 0.143. The predicted molar refractivity (Wildman–Crippen MR) is 109 cm³/mol. The highest BCUT2D eigenvalue weighted by Gasteiger charge is 2.16. The van der Waals surface area contributed by atoms with Gasteiger partial charge in [-0.05, 0) is 55.5 Å². The van der Waals surface area contributed by atoms with Crippen LogP contribution in [0.2, 0.25) is 0 Å². The number of nitrogens with one attached hydrogen (secondary N) is 2. The zero-order chi connectivity index (χ0) is 21.5. The maximum atomic E-state index is 13.0. The molecule has 0 fully saturated rings. The number of hydrogen-bond acceptors (Lipinski definition) is 6. The van der Waals surface area contributed by atoms with Gasteiger partial charge in [0.15, 0.2) is 6.10 Å². The van der Waals surface area contributed by atoms with Crippen molar-refractivity contribution in [3.63, 3.8) is 0 Å². The molecule has 1 unspecified atom stereocenters. The molecule has 0 aliphatic heterocycles. The van der Waals surface area contributed by atoms with Crippen LogP contribution in [0.1, 0.15) is 18.2 Å². The van der Waals surface area contributed by atoms with E-state index in [0.717, 1.165) is 5.56 Å². The Labute approximate surface area is 176 Å². The number of nitriles is 1. The molecular weight excluding hydrogens is 407 g/mol. The quantitative estimate of drug-likeness (QED) is 0.592. The molecule has 30 heavy (non-hydrogen) atoms. The van der Waals surface area contributed by atoms with Crippen LogP contribution in [0.4, 0.5) is 4.39 Å². The number of amides is 2. The lowest BCUT2D eigenvalue weighted by atomic mass is 10.2. The Morgan fingerprint density at radius 2 is 1.87 bits per heavy atom. The van der Waals surface area contributed by atoms with Crippen LogP contribution in [0.15, 0.2) is 53.9 Å². The van der Waals surface area contributed by atoms with Crippen molar-refractivity contribution >= 4 is 23.2 Å². The fourth-order valence-corrected chi connectivity index (χ4v) is 3.25. The molecule has 152 valence electrons. The molecule has 0 aliphatic rings. The number of halogens is 1. The van der Waals surface area contributed by atoms with E-state index in [4.69, 9.17) is 10.00 Å². The highest BCUT2D eigenvalue weighted by atomic mass is 32.1. The van der Waals surface area contributed by atoms with Gasteiger partial charge in [-0.25, -0.2) is 9.37 Å². The van der Waals surface area contributed by atoms with Crippen molar-refractivity contribution in [3.05, 3.63) is 71.0 Å². The van der Waals surface area contributed by atoms with Gasteiger partial charge in [0, 0.05) is 10.9 Å². The van der Waals surface area contributed by atoms with Crippen LogP contribution in [-0.2, 0) is 16.0 Å². The minimum atomic E-state index is -0.859. The van der Waals surface area contributed by atoms with E-state index < -0.39 is 17.9 Å². The topological polar surface area (TPSA) is 104 Å². The molecule has 0 saturated heterocycles. The molecule has 1 atom stereocenters. The van der Waals surface area contributed by atoms with Gasteiger partial charge in [-0.2, -0.15) is 5.26 Å². The van der Waals surface area contributed by atoms with Crippen molar-refractivity contribution in [1.82, 2.24) is 15.8 Å². The van der Waals surface area contributed by atoms with Gasteiger partial charge in [0.05, 0.1) is 23.7 Å². The van der Waals surface area contributed by atoms with Crippen LogP contribution in [0.5, 0.6) is 5.75 Å². The summed E-state index contributed by atoms with van der Waals surface area (Å²) in [4.78, 5) is 28.5. The van der Waals surface area contributed by atoms with E-state index in [1.807, 2.05) is 6.07 Å². The van der Waals surface area contributed by atoms with E-state index >= 15 is 0 Å². The van der Waals surface area contributed by atoms with Crippen molar-refractivity contribution in [3.8, 4) is 22.4 Å². The molecule has 2 N–H and O–H groups in total. The molecule has 3 aromatic rings. The summed E-state index contributed by atoms with van der Waals surface area (Å²) in [6.45, 7) is 1.54. The second-order valence-electron chi connectivity index (χ2n) is 6.26. The summed E-state index contributed by atoms with van der Waals surface area (Å²) in [5.41, 5.74) is 6.41. The summed E-state index contributed by atoms with van der Waals surface area (Å²) in [6, 6.07) is 14.3. The highest BCUT2D eigenvalue weighted by Crippen LogP contribution is 2.24. The zero-order valence-electron chi connectivity index (χ0n) is 15.9. The summed E-state index contributed by atoms with van der Waals surface area (Å²) >= 11 is 1.34. The van der Waals surface area contributed by atoms with E-state index in [-0.39, 0.29) is 12.2 Å². The van der Waals surface area contributed by atoms with Crippen LogP contribution in [0.25, 0.3) is 10.6 Å². The van der Waals surface area contributed by atoms with Crippen LogP contribution in [0, 0.1) is 17.1 Å². The first-order chi connectivity index (χ1) is 14.4. The number of aromatic nitrogens is 1. The van der Waals surface area contributed by atoms with Gasteiger partial charge in [-0.15, -0.1) is 11.3 Å². The van der Waals surface area contributed by atoms with E-state index in [1.54, 1.807) is 41.8 Å². The van der Waals surface area contributed by atoms with E-state index in [0.29, 0.717) is 22.0 Å². The summed E-state index contributed by atoms with van der Waals surface area (Å²) in [6.07, 6.45) is -0.884. The number of nitrogens with zero attached hydrogens (tertiary/aromatic N) is 2. The number of hydrazine groups is 1. The third kappa shape index (κ3) is 5.62. The van der Waals surface area contributed by atoms with Gasteiger partial charge in [0.25, 0.3) is 5.91 Å². The first-order valence-electron chi connectivity index (χ1n) is 8.90. The Hall–Kier alpha value is -3.77. The van der Waals surface area contributed by atoms with E-state index in [1.165, 1.54) is 30.4 Å². The monoisotopic (exact) mass is 424 g/mol. The molecule has 0 spiro atoms. The average Bonchev–Trinajstić information content (AvgIpc) is 3.21. The van der Waals surface area contributed by atoms with E-state index in [2.05, 4.69) is 15.8 Å². The van der Waals surface area contributed by atoms with Crippen molar-refractivity contribution in [2.45, 2.75) is 19.4 Å². The summed E-state index contributed by atoms with van der Waals surface area (Å²) < 4.78 is 18.5. The lowest BCUT2D eigenvalue weighted by Gasteiger charge is -2.15. The first kappa shape index (κ1) is 21.0. The Morgan fingerprint density at radius 3 is 2.53 bits per heavy atom. The van der Waals surface area contributed by atoms with Crippen molar-refractivity contribution in [2.24, 2.45) is 0 Å². The lowest BCUT2D eigenvalue weighted by Crippen LogP contribution is -2.47. The first-order valence-corrected chi connectivity index (χ1v) is 9.78. The third-order valence-corrected chi connectivity index (χ3v) is 4.92. The van der Waals surface area contributed by atoms with Gasteiger partial charge in [0.2, 0.25) is 5.91 Å². The fourth-order valence-electron chi connectivity index (χ4n) is 2.42. The van der Waals surface area contributed by atoms with Crippen molar-refractivity contribution in [2.75, 3.05) is 0 Å². The number of rotatable bonds is 6. The van der Waals surface area contributed by atoms with Gasteiger partial charge < -0.3 is 4.74 Å². The van der Waals surface area contributed by atoms with Gasteiger partial charge in [0.1, 0.15) is 16.6 Å². The zero-order valence-corrected chi connectivity index (χ0v) is 16.7. The van der Waals surface area contributed by atoms with Crippen LogP contribution < -0.4 is 15.6 Å². The molecule has 1 heterocycles. The highest BCUT2D eigenvalue weighted by molar-refractivity contribution is 7.13. The second kappa shape index (κ2) is 9.62. The molecule has 2 aromatic carbocycles. The largest absolute Gasteiger partial charge is 0.481 e. The minimum Gasteiger partial charge on any atom is -0.481 e. The molecule has 0 aliphatic carbocycles. The SMILES string of the molecule is CC(Oc1ccc(C#N)cc1)C(=O)NNC(=O)Cc1csc(-c2ccc(F)cc2)n1. The molecule has 1 aromatic heterocycles. The van der Waals surface area contributed by atoms with Crippen LogP contribution >= 0.6 is 11.3 Å². The molecule has 3 rings (SSSR count). The maximum absolute atomic E-state index is 13.0. The second-order valence-corrected chi connectivity index (χ2v) is 7.12. The van der Waals surface area contributed by atoms with Crippen LogP contribution in [0.3, 0.4) is 0 Å². The Balaban J connectivity index is 1.47. The number of thiazole rings is 1. The van der Waals surface area contributed by atoms with Gasteiger partial charge in [-0.1, -0.05) is 0 Å². The molecule has 7 nitrogen and oxygen atoms in total. The molecule has 9 heteroatoms. The third-order valence-electron chi connectivity index (χ3n) is 3.98.